The number of carbonyl (C=O) groups is 1. The Balaban J connectivity index is 2.46. The molecule has 0 aliphatic rings. The fraction of sp³-hybridized carbons (Fsp3) is 0.400. The lowest BCUT2D eigenvalue weighted by molar-refractivity contribution is 0.0529. The topological polar surface area (TPSA) is 98.5 Å². The number of nitrogens with two attached hydrogens (primary N) is 1. The van der Waals surface area contributed by atoms with Gasteiger partial charge in [0.25, 0.3) is 0 Å². The molecule has 7 heteroatoms. The van der Waals surface area contributed by atoms with Crippen LogP contribution in [-0.4, -0.2) is 26.7 Å². The van der Waals surface area contributed by atoms with Crippen molar-refractivity contribution in [1.82, 2.24) is 5.32 Å². The minimum absolute atomic E-state index is 0.0709. The highest BCUT2D eigenvalue weighted by Gasteiger charge is 2.15. The predicted octanol–water partition coefficient (Wildman–Crippen LogP) is 2.26. The molecule has 0 aliphatic carbocycles. The van der Waals surface area contributed by atoms with Gasteiger partial charge in [-0.3, -0.25) is 0 Å². The minimum atomic E-state index is -3.70. The number of alkyl carbamates (subject to hydrolysis) is 1. The Morgan fingerprint density at radius 2 is 2.05 bits per heavy atom. The van der Waals surface area contributed by atoms with Gasteiger partial charge in [0.2, 0.25) is 10.0 Å². The lowest BCUT2D eigenvalue weighted by Crippen LogP contribution is -2.32. The van der Waals surface area contributed by atoms with Crippen molar-refractivity contribution in [1.29, 1.82) is 0 Å². The van der Waals surface area contributed by atoms with Crippen molar-refractivity contribution in [2.24, 2.45) is 5.14 Å². The molecule has 0 heterocycles. The van der Waals surface area contributed by atoms with E-state index in [9.17, 15) is 13.2 Å². The number of hydrogen-bond acceptors (Lipinski definition) is 4. The summed E-state index contributed by atoms with van der Waals surface area (Å²) in [4.78, 5) is 11.5. The molecule has 1 aromatic carbocycles. The monoisotopic (exact) mass is 326 g/mol. The first kappa shape index (κ1) is 18.2. The Bertz CT molecular complexity index is 646. The lowest BCUT2D eigenvalue weighted by Gasteiger charge is -2.19. The van der Waals surface area contributed by atoms with Gasteiger partial charge >= 0.3 is 6.09 Å². The highest BCUT2D eigenvalue weighted by Crippen LogP contribution is 2.11. The highest BCUT2D eigenvalue weighted by molar-refractivity contribution is 7.89. The van der Waals surface area contributed by atoms with Crippen LogP contribution in [0.3, 0.4) is 0 Å². The van der Waals surface area contributed by atoms with Crippen LogP contribution in [0.1, 0.15) is 32.8 Å². The van der Waals surface area contributed by atoms with E-state index in [0.29, 0.717) is 13.0 Å². The second-order valence-corrected chi connectivity index (χ2v) is 7.30. The molecule has 0 aliphatic heterocycles. The maximum atomic E-state index is 11.4. The molecule has 0 radical (unpaired) electrons. The molecule has 6 nitrogen and oxygen atoms in total. The zero-order valence-corrected chi connectivity index (χ0v) is 13.8. The third-order valence-electron chi connectivity index (χ3n) is 2.48. The number of rotatable bonds is 5. The molecule has 1 rings (SSSR count). The smallest absolute Gasteiger partial charge is 0.407 e. The van der Waals surface area contributed by atoms with E-state index in [4.69, 9.17) is 9.88 Å². The number of benzene rings is 1. The number of sulfonamides is 1. The molecule has 0 aromatic heterocycles. The Labute approximate surface area is 131 Å². The largest absolute Gasteiger partial charge is 0.444 e. The van der Waals surface area contributed by atoms with E-state index in [1.807, 2.05) is 6.08 Å². The number of carbonyl (C=O) groups excluding carboxylic acids is 1. The van der Waals surface area contributed by atoms with Gasteiger partial charge in [-0.1, -0.05) is 24.3 Å². The van der Waals surface area contributed by atoms with Gasteiger partial charge in [0.15, 0.2) is 0 Å². The lowest BCUT2D eigenvalue weighted by atomic mass is 10.2. The summed E-state index contributed by atoms with van der Waals surface area (Å²) in [6.45, 7) is 5.82. The van der Waals surface area contributed by atoms with E-state index in [0.717, 1.165) is 5.56 Å². The van der Waals surface area contributed by atoms with Crippen molar-refractivity contribution in [3.63, 3.8) is 0 Å². The first-order valence-electron chi connectivity index (χ1n) is 6.84. The molecule has 0 saturated carbocycles. The van der Waals surface area contributed by atoms with Crippen LogP contribution < -0.4 is 10.5 Å². The summed E-state index contributed by atoms with van der Waals surface area (Å²) >= 11 is 0. The van der Waals surface area contributed by atoms with Gasteiger partial charge in [0, 0.05) is 6.54 Å². The molecule has 0 unspecified atom stereocenters. The zero-order chi connectivity index (χ0) is 16.8. The van der Waals surface area contributed by atoms with Crippen molar-refractivity contribution in [3.8, 4) is 0 Å². The second kappa shape index (κ2) is 7.42. The number of amides is 1. The van der Waals surface area contributed by atoms with E-state index in [1.165, 1.54) is 12.1 Å². The molecule has 0 bridgehead atoms. The van der Waals surface area contributed by atoms with Crippen LogP contribution in [0.2, 0.25) is 0 Å². The average molecular weight is 326 g/mol. The summed E-state index contributed by atoms with van der Waals surface area (Å²) in [7, 11) is -3.70. The van der Waals surface area contributed by atoms with E-state index >= 15 is 0 Å². The second-order valence-electron chi connectivity index (χ2n) is 5.74. The van der Waals surface area contributed by atoms with Gasteiger partial charge in [-0.15, -0.1) is 0 Å². The number of nitrogens with one attached hydrogen (secondary N) is 1. The molecule has 0 atom stereocenters. The quantitative estimate of drug-likeness (QED) is 0.811. The summed E-state index contributed by atoms with van der Waals surface area (Å²) in [5.74, 6) is 0. The summed E-state index contributed by atoms with van der Waals surface area (Å²) in [5, 5.41) is 7.71. The minimum Gasteiger partial charge on any atom is -0.444 e. The van der Waals surface area contributed by atoms with E-state index < -0.39 is 21.7 Å². The third-order valence-corrected chi connectivity index (χ3v) is 3.39. The van der Waals surface area contributed by atoms with Gasteiger partial charge in [0.1, 0.15) is 5.60 Å². The predicted molar refractivity (Wildman–Crippen MR) is 85.7 cm³/mol. The molecule has 122 valence electrons. The van der Waals surface area contributed by atoms with Crippen molar-refractivity contribution >= 4 is 22.2 Å². The zero-order valence-electron chi connectivity index (χ0n) is 13.0. The highest BCUT2D eigenvalue weighted by atomic mass is 32.2. The van der Waals surface area contributed by atoms with Crippen LogP contribution in [0.5, 0.6) is 0 Å². The molecule has 3 N–H and O–H groups in total. The summed E-state index contributed by atoms with van der Waals surface area (Å²) < 4.78 is 27.6. The van der Waals surface area contributed by atoms with Crippen LogP contribution in [0.15, 0.2) is 35.2 Å². The standard InChI is InChI=1S/C15H22N2O4S/c1-15(2,3)21-14(18)17-10-5-4-7-12-8-6-9-13(11-12)22(16,19)20/h4,6-9,11H,5,10H2,1-3H3,(H,17,18)(H2,16,19,20). The Hall–Kier alpha value is -1.86. The van der Waals surface area contributed by atoms with Crippen LogP contribution >= 0.6 is 0 Å². The number of ether oxygens (including phenoxy) is 1. The molecule has 0 fully saturated rings. The fourth-order valence-electron chi connectivity index (χ4n) is 1.59. The molecule has 1 amide bonds. The first-order valence-corrected chi connectivity index (χ1v) is 8.39. The van der Waals surface area contributed by atoms with Crippen LogP contribution in [-0.2, 0) is 14.8 Å². The number of hydrogen-bond donors (Lipinski definition) is 2. The first-order chi connectivity index (χ1) is 10.1. The normalized spacial score (nSPS) is 12.4. The molecular weight excluding hydrogens is 304 g/mol. The van der Waals surface area contributed by atoms with Crippen molar-refractivity contribution < 1.29 is 17.9 Å². The molecule has 22 heavy (non-hydrogen) atoms. The van der Waals surface area contributed by atoms with Crippen LogP contribution in [0.25, 0.3) is 6.08 Å². The maximum absolute atomic E-state index is 11.4. The van der Waals surface area contributed by atoms with Gasteiger partial charge < -0.3 is 10.1 Å². The van der Waals surface area contributed by atoms with E-state index in [2.05, 4.69) is 5.32 Å². The Morgan fingerprint density at radius 3 is 2.64 bits per heavy atom. The fourth-order valence-corrected chi connectivity index (χ4v) is 2.15. The van der Waals surface area contributed by atoms with Gasteiger partial charge in [-0.05, 0) is 44.9 Å². The van der Waals surface area contributed by atoms with E-state index in [1.54, 1.807) is 39.0 Å². The third kappa shape index (κ3) is 7.24. The summed E-state index contributed by atoms with van der Waals surface area (Å²) in [5.41, 5.74) is 0.206. The van der Waals surface area contributed by atoms with Gasteiger partial charge in [-0.25, -0.2) is 18.4 Å². The Kier molecular flexibility index (Phi) is 6.13. The SMILES string of the molecule is CC(C)(C)OC(=O)NCCC=Cc1cccc(S(N)(=O)=O)c1. The molecule has 1 aromatic rings. The van der Waals surface area contributed by atoms with Crippen LogP contribution in [0.4, 0.5) is 4.79 Å². The van der Waals surface area contributed by atoms with Crippen molar-refractivity contribution in [2.75, 3.05) is 6.54 Å². The number of primary sulfonamides is 1. The van der Waals surface area contributed by atoms with Gasteiger partial charge in [-0.2, -0.15) is 0 Å². The Morgan fingerprint density at radius 1 is 1.36 bits per heavy atom. The molecule has 0 saturated heterocycles. The van der Waals surface area contributed by atoms with E-state index in [-0.39, 0.29) is 4.90 Å². The average Bonchev–Trinajstić information content (AvgIpc) is 2.35. The maximum Gasteiger partial charge on any atom is 0.407 e. The molecule has 0 spiro atoms. The summed E-state index contributed by atoms with van der Waals surface area (Å²) in [6, 6.07) is 6.33. The summed E-state index contributed by atoms with van der Waals surface area (Å²) in [6.07, 6.45) is 3.74. The van der Waals surface area contributed by atoms with Crippen molar-refractivity contribution in [3.05, 3.63) is 35.9 Å². The molecular formula is C15H22N2O4S. The van der Waals surface area contributed by atoms with Crippen molar-refractivity contribution in [2.45, 2.75) is 37.7 Å². The van der Waals surface area contributed by atoms with Gasteiger partial charge in [0.05, 0.1) is 4.90 Å². The van der Waals surface area contributed by atoms with Crippen LogP contribution in [0, 0.1) is 0 Å².